The standard InChI is InChI=1S/C16H18BrN/c1-13-5-4-6-14(11-13)8-9-15(17)12-16-7-2-3-10-18-16/h2-7,10-11,15H,8-9,12H2,1H3. The lowest BCUT2D eigenvalue weighted by molar-refractivity contribution is 0.751. The highest BCUT2D eigenvalue weighted by Crippen LogP contribution is 2.15. The number of halogens is 1. The fraction of sp³-hybridized carbons (Fsp3) is 0.312. The van der Waals surface area contributed by atoms with E-state index in [1.54, 1.807) is 0 Å². The molecule has 0 saturated heterocycles. The molecule has 1 atom stereocenters. The fourth-order valence-electron chi connectivity index (χ4n) is 2.04. The van der Waals surface area contributed by atoms with Crippen molar-refractivity contribution in [3.05, 3.63) is 65.5 Å². The number of nitrogens with zero attached hydrogens (tertiary/aromatic N) is 1. The van der Waals surface area contributed by atoms with Crippen LogP contribution in [-0.4, -0.2) is 9.81 Å². The van der Waals surface area contributed by atoms with Crippen LogP contribution in [0.1, 0.15) is 23.2 Å². The molecular formula is C16H18BrN. The van der Waals surface area contributed by atoms with Crippen molar-refractivity contribution >= 4 is 15.9 Å². The SMILES string of the molecule is Cc1cccc(CCC(Br)Cc2ccccn2)c1. The Kier molecular flexibility index (Phi) is 4.94. The molecule has 0 amide bonds. The molecule has 0 aliphatic heterocycles. The first-order chi connectivity index (χ1) is 8.74. The third-order valence-corrected chi connectivity index (χ3v) is 3.77. The minimum Gasteiger partial charge on any atom is -0.261 e. The van der Waals surface area contributed by atoms with E-state index in [9.17, 15) is 0 Å². The Morgan fingerprint density at radius 3 is 2.78 bits per heavy atom. The van der Waals surface area contributed by atoms with Crippen molar-refractivity contribution < 1.29 is 0 Å². The van der Waals surface area contributed by atoms with E-state index in [4.69, 9.17) is 0 Å². The second-order valence-corrected chi connectivity index (χ2v) is 5.95. The first kappa shape index (κ1) is 13.3. The monoisotopic (exact) mass is 303 g/mol. The van der Waals surface area contributed by atoms with Crippen LogP contribution in [0.2, 0.25) is 0 Å². The van der Waals surface area contributed by atoms with Gasteiger partial charge in [0.05, 0.1) is 0 Å². The van der Waals surface area contributed by atoms with E-state index in [-0.39, 0.29) is 0 Å². The molecule has 0 saturated carbocycles. The van der Waals surface area contributed by atoms with E-state index in [1.807, 2.05) is 18.3 Å². The van der Waals surface area contributed by atoms with Gasteiger partial charge in [0.15, 0.2) is 0 Å². The Morgan fingerprint density at radius 1 is 1.17 bits per heavy atom. The van der Waals surface area contributed by atoms with Crippen LogP contribution in [0.3, 0.4) is 0 Å². The van der Waals surface area contributed by atoms with Crippen molar-refractivity contribution in [1.29, 1.82) is 0 Å². The van der Waals surface area contributed by atoms with Crippen LogP contribution in [0.5, 0.6) is 0 Å². The summed E-state index contributed by atoms with van der Waals surface area (Å²) >= 11 is 3.75. The third kappa shape index (κ3) is 4.26. The van der Waals surface area contributed by atoms with Gasteiger partial charge in [-0.15, -0.1) is 0 Å². The molecule has 0 bridgehead atoms. The van der Waals surface area contributed by atoms with Gasteiger partial charge in [0.1, 0.15) is 0 Å². The van der Waals surface area contributed by atoms with Gasteiger partial charge in [-0.3, -0.25) is 4.98 Å². The zero-order valence-corrected chi connectivity index (χ0v) is 12.2. The zero-order chi connectivity index (χ0) is 12.8. The van der Waals surface area contributed by atoms with Gasteiger partial charge < -0.3 is 0 Å². The molecular weight excluding hydrogens is 286 g/mol. The predicted octanol–water partition coefficient (Wildman–Crippen LogP) is 4.33. The zero-order valence-electron chi connectivity index (χ0n) is 10.6. The number of aryl methyl sites for hydroxylation is 2. The van der Waals surface area contributed by atoms with Gasteiger partial charge in [-0.2, -0.15) is 0 Å². The van der Waals surface area contributed by atoms with Gasteiger partial charge in [-0.1, -0.05) is 51.8 Å². The van der Waals surface area contributed by atoms with E-state index < -0.39 is 0 Å². The van der Waals surface area contributed by atoms with E-state index in [0.717, 1.165) is 25.0 Å². The molecule has 0 aliphatic rings. The maximum atomic E-state index is 4.36. The van der Waals surface area contributed by atoms with Gasteiger partial charge in [-0.25, -0.2) is 0 Å². The summed E-state index contributed by atoms with van der Waals surface area (Å²) in [6, 6.07) is 14.8. The number of hydrogen-bond acceptors (Lipinski definition) is 1. The number of hydrogen-bond donors (Lipinski definition) is 0. The van der Waals surface area contributed by atoms with Crippen molar-refractivity contribution in [2.45, 2.75) is 31.0 Å². The molecule has 1 nitrogen and oxygen atoms in total. The molecule has 18 heavy (non-hydrogen) atoms. The highest BCUT2D eigenvalue weighted by molar-refractivity contribution is 9.09. The van der Waals surface area contributed by atoms with Crippen LogP contribution in [0.15, 0.2) is 48.7 Å². The van der Waals surface area contributed by atoms with Crippen molar-refractivity contribution in [1.82, 2.24) is 4.98 Å². The highest BCUT2D eigenvalue weighted by Gasteiger charge is 2.06. The largest absolute Gasteiger partial charge is 0.261 e. The Morgan fingerprint density at radius 2 is 2.06 bits per heavy atom. The van der Waals surface area contributed by atoms with Gasteiger partial charge in [0.2, 0.25) is 0 Å². The Labute approximate surface area is 117 Å². The second-order valence-electron chi connectivity index (χ2n) is 4.65. The summed E-state index contributed by atoms with van der Waals surface area (Å²) in [5.74, 6) is 0. The molecule has 1 heterocycles. The van der Waals surface area contributed by atoms with E-state index in [1.165, 1.54) is 11.1 Å². The summed E-state index contributed by atoms with van der Waals surface area (Å²) in [5.41, 5.74) is 3.91. The summed E-state index contributed by atoms with van der Waals surface area (Å²) in [7, 11) is 0. The van der Waals surface area contributed by atoms with Crippen molar-refractivity contribution in [3.8, 4) is 0 Å². The van der Waals surface area contributed by atoms with Crippen LogP contribution in [-0.2, 0) is 12.8 Å². The Hall–Kier alpha value is -1.15. The summed E-state index contributed by atoms with van der Waals surface area (Å²) in [5, 5.41) is 0. The van der Waals surface area contributed by atoms with Crippen LogP contribution in [0.4, 0.5) is 0 Å². The number of pyridine rings is 1. The molecule has 0 fully saturated rings. The van der Waals surface area contributed by atoms with Crippen molar-refractivity contribution in [2.24, 2.45) is 0 Å². The highest BCUT2D eigenvalue weighted by atomic mass is 79.9. The minimum atomic E-state index is 0.493. The Bertz CT molecular complexity index is 481. The van der Waals surface area contributed by atoms with E-state index >= 15 is 0 Å². The van der Waals surface area contributed by atoms with Crippen LogP contribution >= 0.6 is 15.9 Å². The molecule has 1 aromatic carbocycles. The molecule has 1 aromatic heterocycles. The average Bonchev–Trinajstić information content (AvgIpc) is 2.38. The van der Waals surface area contributed by atoms with Gasteiger partial charge in [0.25, 0.3) is 0 Å². The third-order valence-electron chi connectivity index (χ3n) is 2.99. The number of benzene rings is 1. The lowest BCUT2D eigenvalue weighted by atomic mass is 10.0. The summed E-state index contributed by atoms with van der Waals surface area (Å²) in [4.78, 5) is 4.85. The molecule has 2 heteroatoms. The number of aromatic nitrogens is 1. The first-order valence-corrected chi connectivity index (χ1v) is 7.25. The fourth-order valence-corrected chi connectivity index (χ4v) is 2.60. The quantitative estimate of drug-likeness (QED) is 0.749. The van der Waals surface area contributed by atoms with Crippen molar-refractivity contribution in [2.75, 3.05) is 0 Å². The summed E-state index contributed by atoms with van der Waals surface area (Å²) in [6.45, 7) is 2.14. The molecule has 2 rings (SSSR count). The molecule has 2 aromatic rings. The maximum absolute atomic E-state index is 4.36. The van der Waals surface area contributed by atoms with E-state index in [2.05, 4.69) is 58.2 Å². The van der Waals surface area contributed by atoms with Crippen LogP contribution < -0.4 is 0 Å². The molecule has 0 radical (unpaired) electrons. The summed E-state index contributed by atoms with van der Waals surface area (Å²) in [6.07, 6.45) is 5.10. The number of rotatable bonds is 5. The Balaban J connectivity index is 1.83. The lowest BCUT2D eigenvalue weighted by Crippen LogP contribution is -2.05. The lowest BCUT2D eigenvalue weighted by Gasteiger charge is -2.09. The minimum absolute atomic E-state index is 0.493. The second kappa shape index (κ2) is 6.69. The maximum Gasteiger partial charge on any atom is 0.0414 e. The topological polar surface area (TPSA) is 12.9 Å². The molecule has 0 aliphatic carbocycles. The van der Waals surface area contributed by atoms with Crippen LogP contribution in [0.25, 0.3) is 0 Å². The van der Waals surface area contributed by atoms with Crippen LogP contribution in [0, 0.1) is 6.92 Å². The average molecular weight is 304 g/mol. The first-order valence-electron chi connectivity index (χ1n) is 6.33. The molecule has 1 unspecified atom stereocenters. The van der Waals surface area contributed by atoms with Gasteiger partial charge in [-0.05, 0) is 37.5 Å². The number of alkyl halides is 1. The summed E-state index contributed by atoms with van der Waals surface area (Å²) < 4.78 is 0. The molecule has 94 valence electrons. The van der Waals surface area contributed by atoms with Gasteiger partial charge in [0, 0.05) is 23.1 Å². The van der Waals surface area contributed by atoms with E-state index in [0.29, 0.717) is 4.83 Å². The predicted molar refractivity (Wildman–Crippen MR) is 80.2 cm³/mol. The smallest absolute Gasteiger partial charge is 0.0414 e. The molecule has 0 N–H and O–H groups in total. The molecule has 0 spiro atoms. The van der Waals surface area contributed by atoms with Crippen molar-refractivity contribution in [3.63, 3.8) is 0 Å². The normalized spacial score (nSPS) is 12.3. The van der Waals surface area contributed by atoms with Gasteiger partial charge >= 0.3 is 0 Å².